The van der Waals surface area contributed by atoms with E-state index in [-0.39, 0.29) is 0 Å². The molecule has 0 amide bonds. The van der Waals surface area contributed by atoms with Crippen LogP contribution in [0.15, 0.2) is 0 Å². The monoisotopic (exact) mass is 229 g/mol. The minimum Gasteiger partial charge on any atom is -0.363 e. The lowest BCUT2D eigenvalue weighted by Crippen LogP contribution is -2.55. The summed E-state index contributed by atoms with van der Waals surface area (Å²) in [4.78, 5) is 4.79. The average molecular weight is 229 g/mol. The fourth-order valence-corrected chi connectivity index (χ4v) is 2.26. The van der Waals surface area contributed by atoms with Gasteiger partial charge < -0.3 is 10.2 Å². The Labute approximate surface area is 98.8 Å². The zero-order chi connectivity index (χ0) is 11.3. The van der Waals surface area contributed by atoms with Crippen LogP contribution in [0, 0.1) is 0 Å². The van der Waals surface area contributed by atoms with Crippen LogP contribution in [0.4, 0.5) is 0 Å². The van der Waals surface area contributed by atoms with Gasteiger partial charge in [-0.25, -0.2) is 0 Å². The largest absolute Gasteiger partial charge is 0.363 e. The van der Waals surface area contributed by atoms with Crippen molar-refractivity contribution in [3.8, 4) is 0 Å². The number of thiocarbonyl (C=S) groups is 1. The summed E-state index contributed by atoms with van der Waals surface area (Å²) in [7, 11) is 0. The number of rotatable bonds is 3. The summed E-state index contributed by atoms with van der Waals surface area (Å²) in [5.41, 5.74) is 0. The molecule has 1 unspecified atom stereocenters. The van der Waals surface area contributed by atoms with Crippen LogP contribution in [-0.2, 0) is 0 Å². The molecule has 0 spiro atoms. The van der Waals surface area contributed by atoms with Crippen LogP contribution in [0.2, 0.25) is 0 Å². The second-order valence-electron chi connectivity index (χ2n) is 4.16. The quantitative estimate of drug-likeness (QED) is 0.735. The van der Waals surface area contributed by atoms with Crippen LogP contribution in [0.5, 0.6) is 0 Å². The Morgan fingerprint density at radius 1 is 1.40 bits per heavy atom. The highest BCUT2D eigenvalue weighted by Gasteiger charge is 2.23. The van der Waals surface area contributed by atoms with Gasteiger partial charge in [0.1, 0.15) is 0 Å². The van der Waals surface area contributed by atoms with Gasteiger partial charge in [-0.2, -0.15) is 0 Å². The minimum absolute atomic E-state index is 0.616. The Balaban J connectivity index is 2.36. The van der Waals surface area contributed by atoms with Crippen molar-refractivity contribution >= 4 is 17.3 Å². The molecule has 1 saturated heterocycles. The van der Waals surface area contributed by atoms with Crippen molar-refractivity contribution in [1.29, 1.82) is 0 Å². The Hall–Kier alpha value is -0.350. The van der Waals surface area contributed by atoms with Crippen LogP contribution in [0.1, 0.15) is 27.2 Å². The highest BCUT2D eigenvalue weighted by Crippen LogP contribution is 2.08. The summed E-state index contributed by atoms with van der Waals surface area (Å²) in [6, 6.07) is 0.616. The second kappa shape index (κ2) is 6.28. The third kappa shape index (κ3) is 3.61. The number of hydrogen-bond donors (Lipinski definition) is 1. The number of likely N-dealkylation sites (N-methyl/N-ethyl adjacent to an activating group) is 1. The van der Waals surface area contributed by atoms with Gasteiger partial charge in [-0.15, -0.1) is 0 Å². The summed E-state index contributed by atoms with van der Waals surface area (Å²) >= 11 is 5.36. The van der Waals surface area contributed by atoms with E-state index in [1.54, 1.807) is 0 Å². The predicted molar refractivity (Wildman–Crippen MR) is 69.2 cm³/mol. The summed E-state index contributed by atoms with van der Waals surface area (Å²) in [5.74, 6) is 0. The molecule has 0 aliphatic carbocycles. The molecular weight excluding hydrogens is 206 g/mol. The van der Waals surface area contributed by atoms with E-state index < -0.39 is 0 Å². The molecule has 0 saturated carbocycles. The first kappa shape index (κ1) is 12.7. The molecule has 1 aliphatic heterocycles. The summed E-state index contributed by atoms with van der Waals surface area (Å²) in [6.07, 6.45) is 1.13. The van der Waals surface area contributed by atoms with Gasteiger partial charge in [-0.3, -0.25) is 4.90 Å². The first-order valence-corrected chi connectivity index (χ1v) is 6.36. The molecule has 0 radical (unpaired) electrons. The van der Waals surface area contributed by atoms with E-state index in [4.69, 9.17) is 12.2 Å². The fourth-order valence-electron chi connectivity index (χ4n) is 1.99. The Morgan fingerprint density at radius 2 is 2.13 bits per heavy atom. The second-order valence-corrected chi connectivity index (χ2v) is 4.54. The van der Waals surface area contributed by atoms with E-state index >= 15 is 0 Å². The smallest absolute Gasteiger partial charge is 0.169 e. The van der Waals surface area contributed by atoms with Crippen molar-refractivity contribution in [2.45, 2.75) is 33.2 Å². The third-order valence-electron chi connectivity index (χ3n) is 2.98. The van der Waals surface area contributed by atoms with Gasteiger partial charge in [0, 0.05) is 32.2 Å². The minimum atomic E-state index is 0.616. The standard InChI is InChI=1S/C11H23N3S/c1-4-6-12-11(15)14-8-7-13(5-2)10(3)9-14/h10H,4-9H2,1-3H3,(H,12,15). The normalized spacial score (nSPS) is 22.9. The Bertz CT molecular complexity index is 208. The van der Waals surface area contributed by atoms with Crippen LogP contribution >= 0.6 is 12.2 Å². The molecular formula is C11H23N3S. The highest BCUT2D eigenvalue weighted by atomic mass is 32.1. The first-order chi connectivity index (χ1) is 7.19. The Morgan fingerprint density at radius 3 is 2.67 bits per heavy atom. The highest BCUT2D eigenvalue weighted by molar-refractivity contribution is 7.80. The molecule has 0 aromatic carbocycles. The summed E-state index contributed by atoms with van der Waals surface area (Å²) in [5, 5.41) is 4.22. The maximum atomic E-state index is 5.36. The van der Waals surface area contributed by atoms with Gasteiger partial charge in [0.25, 0.3) is 0 Å². The van der Waals surface area contributed by atoms with Crippen molar-refractivity contribution < 1.29 is 0 Å². The van der Waals surface area contributed by atoms with Gasteiger partial charge >= 0.3 is 0 Å². The lowest BCUT2D eigenvalue weighted by Gasteiger charge is -2.40. The molecule has 1 N–H and O–H groups in total. The van der Waals surface area contributed by atoms with Crippen LogP contribution in [0.25, 0.3) is 0 Å². The van der Waals surface area contributed by atoms with E-state index in [9.17, 15) is 0 Å². The molecule has 1 aliphatic rings. The van der Waals surface area contributed by atoms with E-state index in [1.165, 1.54) is 0 Å². The third-order valence-corrected chi connectivity index (χ3v) is 3.39. The lowest BCUT2D eigenvalue weighted by atomic mass is 10.2. The maximum absolute atomic E-state index is 5.36. The zero-order valence-electron chi connectivity index (χ0n) is 10.1. The van der Waals surface area contributed by atoms with Crippen LogP contribution < -0.4 is 5.32 Å². The van der Waals surface area contributed by atoms with Crippen molar-refractivity contribution in [3.63, 3.8) is 0 Å². The van der Waals surface area contributed by atoms with Crippen molar-refractivity contribution in [3.05, 3.63) is 0 Å². The van der Waals surface area contributed by atoms with Gasteiger partial charge in [-0.05, 0) is 32.1 Å². The van der Waals surface area contributed by atoms with E-state index in [0.717, 1.165) is 44.3 Å². The topological polar surface area (TPSA) is 18.5 Å². The number of nitrogens with one attached hydrogen (secondary N) is 1. The van der Waals surface area contributed by atoms with Crippen molar-refractivity contribution in [2.24, 2.45) is 0 Å². The SMILES string of the molecule is CCCNC(=S)N1CCN(CC)C(C)C1. The molecule has 15 heavy (non-hydrogen) atoms. The van der Waals surface area contributed by atoms with Crippen molar-refractivity contribution in [2.75, 3.05) is 32.7 Å². The van der Waals surface area contributed by atoms with E-state index in [0.29, 0.717) is 6.04 Å². The van der Waals surface area contributed by atoms with Crippen LogP contribution in [-0.4, -0.2) is 53.7 Å². The number of hydrogen-bond acceptors (Lipinski definition) is 2. The van der Waals surface area contributed by atoms with Gasteiger partial charge in [0.2, 0.25) is 0 Å². The molecule has 4 heteroatoms. The fraction of sp³-hybridized carbons (Fsp3) is 0.909. The van der Waals surface area contributed by atoms with Crippen molar-refractivity contribution in [1.82, 2.24) is 15.1 Å². The van der Waals surface area contributed by atoms with E-state index in [2.05, 4.69) is 35.9 Å². The number of nitrogens with zero attached hydrogens (tertiary/aromatic N) is 2. The summed E-state index contributed by atoms with van der Waals surface area (Å²) < 4.78 is 0. The van der Waals surface area contributed by atoms with Gasteiger partial charge in [-0.1, -0.05) is 13.8 Å². The molecule has 1 heterocycles. The van der Waals surface area contributed by atoms with Gasteiger partial charge in [0.15, 0.2) is 5.11 Å². The van der Waals surface area contributed by atoms with Crippen LogP contribution in [0.3, 0.4) is 0 Å². The van der Waals surface area contributed by atoms with E-state index in [1.807, 2.05) is 0 Å². The zero-order valence-corrected chi connectivity index (χ0v) is 10.9. The lowest BCUT2D eigenvalue weighted by molar-refractivity contribution is 0.129. The molecule has 3 nitrogen and oxygen atoms in total. The molecule has 0 aromatic rings. The molecule has 88 valence electrons. The van der Waals surface area contributed by atoms with Gasteiger partial charge in [0.05, 0.1) is 0 Å². The number of piperazine rings is 1. The maximum Gasteiger partial charge on any atom is 0.169 e. The molecule has 1 atom stereocenters. The summed E-state index contributed by atoms with van der Waals surface area (Å²) in [6.45, 7) is 12.0. The molecule has 1 rings (SSSR count). The molecule has 0 aromatic heterocycles. The Kier molecular flexibility index (Phi) is 5.32. The first-order valence-electron chi connectivity index (χ1n) is 5.95. The average Bonchev–Trinajstić information content (AvgIpc) is 2.25. The molecule has 0 bridgehead atoms. The predicted octanol–water partition coefficient (Wildman–Crippen LogP) is 1.30. The molecule has 1 fully saturated rings.